The Balaban J connectivity index is 1.84. The summed E-state index contributed by atoms with van der Waals surface area (Å²) >= 11 is 0. The number of carbonyl (C=O) groups is 2. The standard InChI is InChI=1S/C23H33N7O3/c1-15(2)30-11-9-20(31)29(5)18-14-25-23(27-21(18)30)26-17-8-7-16(13-19(17)33-6)22(32)24-10-12-28(3)4/h7-8,13-15H,9-12H2,1-6H3,(H,24,32)(H,25,26,27). The number of nitrogens with one attached hydrogen (secondary N) is 2. The van der Waals surface area contributed by atoms with Gasteiger partial charge >= 0.3 is 0 Å². The maximum absolute atomic E-state index is 12.4. The van der Waals surface area contributed by atoms with Crippen LogP contribution >= 0.6 is 0 Å². The number of carbonyl (C=O) groups excluding carboxylic acids is 2. The molecule has 1 aliphatic rings. The van der Waals surface area contributed by atoms with E-state index in [0.29, 0.717) is 54.0 Å². The van der Waals surface area contributed by atoms with Crippen molar-refractivity contribution in [1.82, 2.24) is 20.2 Å². The van der Waals surface area contributed by atoms with E-state index in [1.807, 2.05) is 19.0 Å². The molecule has 2 aromatic rings. The molecule has 1 aromatic heterocycles. The minimum atomic E-state index is -0.164. The zero-order valence-electron chi connectivity index (χ0n) is 20.2. The van der Waals surface area contributed by atoms with Gasteiger partial charge in [-0.15, -0.1) is 0 Å². The van der Waals surface area contributed by atoms with E-state index in [1.165, 1.54) is 0 Å². The Hall–Kier alpha value is -3.40. The third-order valence-electron chi connectivity index (χ3n) is 5.50. The van der Waals surface area contributed by atoms with Crippen LogP contribution in [0.4, 0.5) is 23.1 Å². The van der Waals surface area contributed by atoms with Gasteiger partial charge in [-0.2, -0.15) is 4.98 Å². The first-order chi connectivity index (χ1) is 15.7. The average Bonchev–Trinajstić information content (AvgIpc) is 2.90. The zero-order chi connectivity index (χ0) is 24.1. The van der Waals surface area contributed by atoms with E-state index in [-0.39, 0.29) is 17.9 Å². The number of benzene rings is 1. The molecule has 0 atom stereocenters. The van der Waals surface area contributed by atoms with Crippen LogP contribution in [0, 0.1) is 0 Å². The van der Waals surface area contributed by atoms with Crippen molar-refractivity contribution in [2.24, 2.45) is 0 Å². The third kappa shape index (κ3) is 5.70. The fourth-order valence-corrected chi connectivity index (χ4v) is 3.55. The van der Waals surface area contributed by atoms with Gasteiger partial charge in [0, 0.05) is 44.7 Å². The summed E-state index contributed by atoms with van der Waals surface area (Å²) in [7, 11) is 7.20. The molecule has 2 amide bonds. The Kier molecular flexibility index (Phi) is 7.70. The normalized spacial score (nSPS) is 13.8. The monoisotopic (exact) mass is 455 g/mol. The van der Waals surface area contributed by atoms with Crippen molar-refractivity contribution < 1.29 is 14.3 Å². The second-order valence-corrected chi connectivity index (χ2v) is 8.49. The van der Waals surface area contributed by atoms with Crippen LogP contribution in [0.25, 0.3) is 0 Å². The van der Waals surface area contributed by atoms with E-state index in [9.17, 15) is 9.59 Å². The number of rotatable bonds is 8. The van der Waals surface area contributed by atoms with E-state index in [2.05, 4.69) is 34.4 Å². The summed E-state index contributed by atoms with van der Waals surface area (Å²) in [6.45, 7) is 6.04. The summed E-state index contributed by atoms with van der Waals surface area (Å²) in [5.74, 6) is 1.45. The molecule has 10 nitrogen and oxygen atoms in total. The molecule has 2 N–H and O–H groups in total. The molecule has 0 bridgehead atoms. The molecule has 0 fully saturated rings. The third-order valence-corrected chi connectivity index (χ3v) is 5.50. The molecule has 2 heterocycles. The summed E-state index contributed by atoms with van der Waals surface area (Å²) in [6.07, 6.45) is 2.07. The van der Waals surface area contributed by atoms with Crippen LogP contribution < -0.4 is 25.2 Å². The number of hydrogen-bond acceptors (Lipinski definition) is 8. The Labute approximate surface area is 194 Å². The van der Waals surface area contributed by atoms with Gasteiger partial charge in [-0.3, -0.25) is 9.59 Å². The topological polar surface area (TPSA) is 103 Å². The second kappa shape index (κ2) is 10.5. The molecule has 0 spiro atoms. The van der Waals surface area contributed by atoms with E-state index in [0.717, 1.165) is 6.54 Å². The Morgan fingerprint density at radius 3 is 2.73 bits per heavy atom. The number of likely N-dealkylation sites (N-methyl/N-ethyl adjacent to an activating group) is 1. The van der Waals surface area contributed by atoms with Crippen molar-refractivity contribution >= 4 is 35.0 Å². The molecule has 1 aromatic carbocycles. The zero-order valence-corrected chi connectivity index (χ0v) is 20.2. The van der Waals surface area contributed by atoms with Gasteiger partial charge < -0.3 is 30.1 Å². The lowest BCUT2D eigenvalue weighted by atomic mass is 10.1. The lowest BCUT2D eigenvalue weighted by molar-refractivity contribution is -0.118. The molecule has 0 saturated heterocycles. The van der Waals surface area contributed by atoms with Crippen LogP contribution in [0.2, 0.25) is 0 Å². The summed E-state index contributed by atoms with van der Waals surface area (Å²) in [5.41, 5.74) is 1.81. The molecule has 10 heteroatoms. The number of aromatic nitrogens is 2. The number of amides is 2. The van der Waals surface area contributed by atoms with Crippen molar-refractivity contribution in [2.75, 3.05) is 63.0 Å². The minimum absolute atomic E-state index is 0.0322. The first-order valence-electron chi connectivity index (χ1n) is 11.0. The molecule has 3 rings (SSSR count). The predicted octanol–water partition coefficient (Wildman–Crippen LogP) is 2.10. The van der Waals surface area contributed by atoms with Crippen molar-refractivity contribution in [2.45, 2.75) is 26.3 Å². The molecule has 0 saturated carbocycles. The highest BCUT2D eigenvalue weighted by atomic mass is 16.5. The van der Waals surface area contributed by atoms with E-state index in [4.69, 9.17) is 9.72 Å². The summed E-state index contributed by atoms with van der Waals surface area (Å²) < 4.78 is 5.50. The van der Waals surface area contributed by atoms with Crippen molar-refractivity contribution in [1.29, 1.82) is 0 Å². The molecule has 178 valence electrons. The maximum Gasteiger partial charge on any atom is 0.251 e. The van der Waals surface area contributed by atoms with Gasteiger partial charge in [0.15, 0.2) is 5.82 Å². The lowest BCUT2D eigenvalue weighted by Gasteiger charge is -2.27. The summed E-state index contributed by atoms with van der Waals surface area (Å²) in [5, 5.41) is 6.08. The number of fused-ring (bicyclic) bond motifs is 1. The molecule has 0 aliphatic carbocycles. The highest BCUT2D eigenvalue weighted by Crippen LogP contribution is 2.33. The fourth-order valence-electron chi connectivity index (χ4n) is 3.55. The lowest BCUT2D eigenvalue weighted by Crippen LogP contribution is -2.32. The molecule has 0 unspecified atom stereocenters. The first kappa shape index (κ1) is 24.2. The van der Waals surface area contributed by atoms with Crippen molar-refractivity contribution in [3.05, 3.63) is 30.0 Å². The average molecular weight is 456 g/mol. The van der Waals surface area contributed by atoms with E-state index < -0.39 is 0 Å². The van der Waals surface area contributed by atoms with Gasteiger partial charge in [-0.05, 0) is 46.1 Å². The highest BCUT2D eigenvalue weighted by molar-refractivity contribution is 5.97. The van der Waals surface area contributed by atoms with Crippen LogP contribution in [0.1, 0.15) is 30.6 Å². The summed E-state index contributed by atoms with van der Waals surface area (Å²) in [6, 6.07) is 5.35. The van der Waals surface area contributed by atoms with Gasteiger partial charge in [0.25, 0.3) is 5.91 Å². The van der Waals surface area contributed by atoms with Gasteiger partial charge in [-0.25, -0.2) is 4.98 Å². The molecular formula is C23H33N7O3. The predicted molar refractivity (Wildman–Crippen MR) is 130 cm³/mol. The second-order valence-electron chi connectivity index (χ2n) is 8.49. The number of methoxy groups -OCH3 is 1. The van der Waals surface area contributed by atoms with Crippen LogP contribution in [0.5, 0.6) is 5.75 Å². The molecule has 33 heavy (non-hydrogen) atoms. The largest absolute Gasteiger partial charge is 0.495 e. The smallest absolute Gasteiger partial charge is 0.251 e. The number of hydrogen-bond donors (Lipinski definition) is 2. The SMILES string of the molecule is COc1cc(C(=O)NCCN(C)C)ccc1Nc1ncc2c(n1)N(C(C)C)CCC(=O)N2C. The van der Waals surface area contributed by atoms with Gasteiger partial charge in [0.2, 0.25) is 11.9 Å². The Morgan fingerprint density at radius 1 is 1.30 bits per heavy atom. The number of nitrogens with zero attached hydrogens (tertiary/aromatic N) is 5. The quantitative estimate of drug-likeness (QED) is 0.624. The molecule has 0 radical (unpaired) electrons. The summed E-state index contributed by atoms with van der Waals surface area (Å²) in [4.78, 5) is 39.6. The van der Waals surface area contributed by atoms with E-state index >= 15 is 0 Å². The highest BCUT2D eigenvalue weighted by Gasteiger charge is 2.27. The Bertz CT molecular complexity index is 1010. The Morgan fingerprint density at radius 2 is 2.06 bits per heavy atom. The number of anilines is 4. The van der Waals surface area contributed by atoms with Crippen LogP contribution in [0.3, 0.4) is 0 Å². The molecular weight excluding hydrogens is 422 g/mol. The van der Waals surface area contributed by atoms with Crippen LogP contribution in [0.15, 0.2) is 24.4 Å². The van der Waals surface area contributed by atoms with Crippen LogP contribution in [-0.4, -0.2) is 80.6 Å². The van der Waals surface area contributed by atoms with Gasteiger partial charge in [0.05, 0.1) is 19.0 Å². The van der Waals surface area contributed by atoms with Crippen LogP contribution in [-0.2, 0) is 4.79 Å². The fraction of sp³-hybridized carbons (Fsp3) is 0.478. The van der Waals surface area contributed by atoms with Gasteiger partial charge in [0.1, 0.15) is 11.4 Å². The maximum atomic E-state index is 12.4. The van der Waals surface area contributed by atoms with Crippen molar-refractivity contribution in [3.63, 3.8) is 0 Å². The van der Waals surface area contributed by atoms with E-state index in [1.54, 1.807) is 43.5 Å². The number of ether oxygens (including phenoxy) is 1. The van der Waals surface area contributed by atoms with Crippen molar-refractivity contribution in [3.8, 4) is 5.75 Å². The first-order valence-corrected chi connectivity index (χ1v) is 11.0. The van der Waals surface area contributed by atoms with Gasteiger partial charge in [-0.1, -0.05) is 0 Å². The molecule has 1 aliphatic heterocycles. The minimum Gasteiger partial charge on any atom is -0.495 e.